The van der Waals surface area contributed by atoms with Crippen molar-refractivity contribution in [3.8, 4) is 22.8 Å². The molecule has 6 rings (SSSR count). The molecule has 0 spiro atoms. The van der Waals surface area contributed by atoms with Gasteiger partial charge in [0.15, 0.2) is 0 Å². The Hall–Kier alpha value is -4.75. The molecule has 0 saturated carbocycles. The van der Waals surface area contributed by atoms with Crippen LogP contribution in [-0.2, 0) is 23.0 Å². The van der Waals surface area contributed by atoms with Crippen LogP contribution in [0.1, 0.15) is 22.6 Å². The molecular weight excluding hydrogens is 540 g/mol. The fourth-order valence-corrected chi connectivity index (χ4v) is 5.70. The van der Waals surface area contributed by atoms with Crippen molar-refractivity contribution in [2.45, 2.75) is 18.4 Å². The van der Waals surface area contributed by atoms with E-state index in [1.807, 2.05) is 72.3 Å². The van der Waals surface area contributed by atoms with E-state index in [1.165, 1.54) is 0 Å². The normalized spacial score (nSPS) is 12.9. The van der Waals surface area contributed by atoms with Gasteiger partial charge in [-0.15, -0.1) is 0 Å². The van der Waals surface area contributed by atoms with Crippen LogP contribution in [0.2, 0.25) is 5.02 Å². The van der Waals surface area contributed by atoms with Gasteiger partial charge in [0, 0.05) is 35.4 Å². The summed E-state index contributed by atoms with van der Waals surface area (Å²) in [6.45, 7) is 0.0887. The Labute approximate surface area is 241 Å². The zero-order chi connectivity index (χ0) is 28.5. The second kappa shape index (κ2) is 11.0. The first-order chi connectivity index (χ1) is 19.9. The Bertz CT molecular complexity index is 1720. The minimum Gasteiger partial charge on any atom is -0.480 e. The maximum absolute atomic E-state index is 13.0. The van der Waals surface area contributed by atoms with Crippen LogP contribution in [0.4, 0.5) is 4.79 Å². The topological polar surface area (TPSA) is 89.8 Å². The van der Waals surface area contributed by atoms with Crippen LogP contribution in [0.3, 0.4) is 0 Å². The number of halogens is 1. The van der Waals surface area contributed by atoms with Gasteiger partial charge in [-0.3, -0.25) is 0 Å². The van der Waals surface area contributed by atoms with E-state index in [2.05, 4.69) is 17.4 Å². The number of aromatic nitrogens is 1. The molecule has 1 unspecified atom stereocenters. The van der Waals surface area contributed by atoms with Gasteiger partial charge in [-0.05, 0) is 52.6 Å². The molecule has 0 bridgehead atoms. The predicted octanol–water partition coefficient (Wildman–Crippen LogP) is 7.16. The van der Waals surface area contributed by atoms with Gasteiger partial charge in [0.25, 0.3) is 0 Å². The molecule has 8 heteroatoms. The summed E-state index contributed by atoms with van der Waals surface area (Å²) in [5.74, 6) is -0.273. The van der Waals surface area contributed by atoms with Crippen LogP contribution in [0, 0.1) is 0 Å². The number of fused-ring (bicyclic) bond motifs is 4. The molecule has 206 valence electrons. The summed E-state index contributed by atoms with van der Waals surface area (Å²) < 4.78 is 13.7. The van der Waals surface area contributed by atoms with Gasteiger partial charge in [-0.2, -0.15) is 0 Å². The van der Waals surface area contributed by atoms with Crippen molar-refractivity contribution in [3.63, 3.8) is 0 Å². The predicted molar refractivity (Wildman–Crippen MR) is 158 cm³/mol. The highest BCUT2D eigenvalue weighted by molar-refractivity contribution is 6.30. The summed E-state index contributed by atoms with van der Waals surface area (Å²) in [6.07, 6.45) is -0.802. The molecule has 1 heterocycles. The molecule has 1 amide bonds. The molecule has 1 aromatic heterocycles. The molecular formula is C33H27ClN2O5. The highest BCUT2D eigenvalue weighted by Crippen LogP contribution is 2.44. The van der Waals surface area contributed by atoms with Crippen LogP contribution in [0.25, 0.3) is 22.0 Å². The smallest absolute Gasteiger partial charge is 0.407 e. The largest absolute Gasteiger partial charge is 0.480 e. The van der Waals surface area contributed by atoms with E-state index in [1.54, 1.807) is 24.3 Å². The van der Waals surface area contributed by atoms with Gasteiger partial charge >= 0.3 is 12.1 Å². The average molecular weight is 567 g/mol. The molecule has 2 N–H and O–H groups in total. The van der Waals surface area contributed by atoms with Crippen LogP contribution in [0.5, 0.6) is 11.6 Å². The van der Waals surface area contributed by atoms with Crippen molar-refractivity contribution in [2.24, 2.45) is 7.05 Å². The molecule has 7 nitrogen and oxygen atoms in total. The van der Waals surface area contributed by atoms with Crippen LogP contribution in [-0.4, -0.2) is 34.4 Å². The lowest BCUT2D eigenvalue weighted by Gasteiger charge is -2.18. The quantitative estimate of drug-likeness (QED) is 0.208. The number of carboxylic acid groups (broad SMARTS) is 1. The third-order valence-corrected chi connectivity index (χ3v) is 7.78. The van der Waals surface area contributed by atoms with E-state index in [0.717, 1.165) is 33.2 Å². The van der Waals surface area contributed by atoms with E-state index in [9.17, 15) is 14.7 Å². The lowest BCUT2D eigenvalue weighted by molar-refractivity contribution is -0.139. The van der Waals surface area contributed by atoms with E-state index >= 15 is 0 Å². The highest BCUT2D eigenvalue weighted by Gasteiger charge is 2.31. The molecule has 0 saturated heterocycles. The molecule has 1 aliphatic rings. The summed E-state index contributed by atoms with van der Waals surface area (Å²) in [7, 11) is 1.85. The van der Waals surface area contributed by atoms with Crippen molar-refractivity contribution in [1.82, 2.24) is 9.88 Å². The number of alkyl carbamates (subject to hydrolysis) is 1. The molecule has 5 aromatic rings. The Morgan fingerprint density at radius 3 is 2.17 bits per heavy atom. The number of aryl methyl sites for hydroxylation is 1. The van der Waals surface area contributed by atoms with Gasteiger partial charge in [-0.25, -0.2) is 9.59 Å². The number of nitrogens with one attached hydrogen (secondary N) is 1. The van der Waals surface area contributed by atoms with Gasteiger partial charge in [0.05, 0.1) is 5.52 Å². The van der Waals surface area contributed by atoms with Crippen molar-refractivity contribution in [3.05, 3.63) is 119 Å². The summed E-state index contributed by atoms with van der Waals surface area (Å²) in [4.78, 5) is 25.3. The number of rotatable bonds is 8. The third kappa shape index (κ3) is 5.12. The van der Waals surface area contributed by atoms with Gasteiger partial charge in [0.2, 0.25) is 5.88 Å². The molecule has 0 aliphatic heterocycles. The first-order valence-corrected chi connectivity index (χ1v) is 13.6. The number of para-hydroxylation sites is 1. The first-order valence-electron chi connectivity index (χ1n) is 13.2. The zero-order valence-corrected chi connectivity index (χ0v) is 23.0. The standard InChI is InChI=1S/C33H27ClN2O5/c1-36-30-13-7-6-12-26(30)27(31(36)41-21-16-14-20(34)15-17-21)18-29(32(37)38)35-33(39)40-19-28-24-10-4-2-8-22(24)23-9-3-5-11-25(23)28/h2-17,28-29H,18-19H2,1H3,(H,35,39)(H,37,38). The van der Waals surface area contributed by atoms with Crippen molar-refractivity contribution < 1.29 is 24.2 Å². The van der Waals surface area contributed by atoms with Crippen molar-refractivity contribution in [2.75, 3.05) is 6.61 Å². The number of hydrogen-bond donors (Lipinski definition) is 2. The maximum atomic E-state index is 13.0. The van der Waals surface area contributed by atoms with Crippen LogP contribution < -0.4 is 10.1 Å². The molecule has 41 heavy (non-hydrogen) atoms. The van der Waals surface area contributed by atoms with E-state index in [4.69, 9.17) is 21.1 Å². The fourth-order valence-electron chi connectivity index (χ4n) is 5.58. The van der Waals surface area contributed by atoms with E-state index in [0.29, 0.717) is 22.2 Å². The lowest BCUT2D eigenvalue weighted by Crippen LogP contribution is -2.43. The Balaban J connectivity index is 1.22. The average Bonchev–Trinajstić information content (AvgIpc) is 3.44. The number of carboxylic acids is 1. The molecule has 1 aliphatic carbocycles. The fraction of sp³-hybridized carbons (Fsp3) is 0.152. The Morgan fingerprint density at radius 1 is 0.902 bits per heavy atom. The molecule has 0 radical (unpaired) electrons. The van der Waals surface area contributed by atoms with Gasteiger partial charge in [0.1, 0.15) is 18.4 Å². The Morgan fingerprint density at radius 2 is 1.51 bits per heavy atom. The number of nitrogens with zero attached hydrogens (tertiary/aromatic N) is 1. The second-order valence-corrected chi connectivity index (χ2v) is 10.4. The zero-order valence-electron chi connectivity index (χ0n) is 22.2. The van der Waals surface area contributed by atoms with Crippen molar-refractivity contribution >= 4 is 34.6 Å². The highest BCUT2D eigenvalue weighted by atomic mass is 35.5. The number of amides is 1. The summed E-state index contributed by atoms with van der Waals surface area (Å²) >= 11 is 6.03. The number of carbonyl (C=O) groups excluding carboxylic acids is 1. The van der Waals surface area contributed by atoms with Gasteiger partial charge in [-0.1, -0.05) is 78.3 Å². The second-order valence-electron chi connectivity index (χ2n) is 9.98. The van der Waals surface area contributed by atoms with E-state index < -0.39 is 18.1 Å². The monoisotopic (exact) mass is 566 g/mol. The maximum Gasteiger partial charge on any atom is 0.407 e. The summed E-state index contributed by atoms with van der Waals surface area (Å²) in [6, 6.07) is 29.4. The molecule has 1 atom stereocenters. The molecule has 0 fully saturated rings. The minimum absolute atomic E-state index is 0.0101. The number of aliphatic carboxylic acids is 1. The van der Waals surface area contributed by atoms with Crippen LogP contribution >= 0.6 is 11.6 Å². The first kappa shape index (κ1) is 26.5. The number of benzene rings is 4. The SMILES string of the molecule is Cn1c(Oc2ccc(Cl)cc2)c(CC(NC(=O)OCC2c3ccccc3-c3ccccc32)C(=O)O)c2ccccc21. The van der Waals surface area contributed by atoms with Crippen LogP contribution in [0.15, 0.2) is 97.1 Å². The summed E-state index contributed by atoms with van der Waals surface area (Å²) in [5.41, 5.74) is 5.92. The van der Waals surface area contributed by atoms with E-state index in [-0.39, 0.29) is 18.9 Å². The minimum atomic E-state index is -1.25. The number of carbonyl (C=O) groups is 2. The lowest BCUT2D eigenvalue weighted by atomic mass is 9.98. The van der Waals surface area contributed by atoms with Crippen molar-refractivity contribution in [1.29, 1.82) is 0 Å². The summed E-state index contributed by atoms with van der Waals surface area (Å²) in [5, 5.41) is 14.1. The van der Waals surface area contributed by atoms with Gasteiger partial charge < -0.3 is 24.5 Å². The molecule has 4 aromatic carbocycles. The number of hydrogen-bond acceptors (Lipinski definition) is 4. The Kier molecular flexibility index (Phi) is 7.12. The third-order valence-electron chi connectivity index (χ3n) is 7.52. The number of ether oxygens (including phenoxy) is 2.